The van der Waals surface area contributed by atoms with Gasteiger partial charge in [0.2, 0.25) is 0 Å². The average molecular weight is 404 g/mol. The van der Waals surface area contributed by atoms with E-state index in [1.807, 2.05) is 18.2 Å². The fraction of sp³-hybridized carbons (Fsp3) is 0.105. The lowest BCUT2D eigenvalue weighted by atomic mass is 10.2. The molecule has 2 aromatic carbocycles. The number of hydrogen-bond donors (Lipinski definition) is 1. The van der Waals surface area contributed by atoms with Gasteiger partial charge in [-0.1, -0.05) is 41.9 Å². The Kier molecular flexibility index (Phi) is 5.83. The Hall–Kier alpha value is -2.77. The molecule has 0 unspecified atom stereocenters. The van der Waals surface area contributed by atoms with Crippen LogP contribution in [-0.2, 0) is 16.2 Å². The van der Waals surface area contributed by atoms with Crippen LogP contribution in [0.5, 0.6) is 5.75 Å². The molecule has 1 heterocycles. The number of carbonyl (C=O) groups is 3. The van der Waals surface area contributed by atoms with Crippen molar-refractivity contribution in [2.24, 2.45) is 0 Å². The van der Waals surface area contributed by atoms with Crippen LogP contribution in [-0.4, -0.2) is 33.7 Å². The molecule has 1 N–H and O–H groups in total. The van der Waals surface area contributed by atoms with Crippen molar-refractivity contribution in [2.75, 3.05) is 6.54 Å². The summed E-state index contributed by atoms with van der Waals surface area (Å²) in [6.07, 6.45) is 1.55. The standard InChI is InChI=1S/C19H14ClNO5S/c20-15-4-2-1-3-13(15)11-26-14-7-5-12(6-8-14)9-16-18(24)21(10-17(22)23)19(25)27-16/h1-9H,10-11H2,(H,22,23)/b16-9+. The summed E-state index contributed by atoms with van der Waals surface area (Å²) in [5.41, 5.74) is 1.57. The highest BCUT2D eigenvalue weighted by atomic mass is 35.5. The third-order valence-electron chi connectivity index (χ3n) is 3.70. The normalized spacial score (nSPS) is 15.4. The lowest BCUT2D eigenvalue weighted by Gasteiger charge is -2.08. The zero-order valence-electron chi connectivity index (χ0n) is 13.9. The molecule has 1 aliphatic rings. The third kappa shape index (κ3) is 4.69. The number of amides is 2. The number of imide groups is 1. The molecule has 0 saturated carbocycles. The number of thioether (sulfide) groups is 1. The van der Waals surface area contributed by atoms with Crippen LogP contribution in [0.2, 0.25) is 5.02 Å². The Morgan fingerprint density at radius 3 is 2.52 bits per heavy atom. The van der Waals surface area contributed by atoms with Crippen molar-refractivity contribution in [1.29, 1.82) is 0 Å². The van der Waals surface area contributed by atoms with Gasteiger partial charge in [-0.05, 0) is 41.6 Å². The van der Waals surface area contributed by atoms with Gasteiger partial charge in [-0.3, -0.25) is 19.3 Å². The molecule has 0 bridgehead atoms. The SMILES string of the molecule is O=C(O)CN1C(=O)S/C(=C/c2ccc(OCc3ccccc3Cl)cc2)C1=O. The molecule has 0 atom stereocenters. The summed E-state index contributed by atoms with van der Waals surface area (Å²) in [5.74, 6) is -1.21. The molecule has 27 heavy (non-hydrogen) atoms. The maximum Gasteiger partial charge on any atom is 0.323 e. The Bertz CT molecular complexity index is 926. The van der Waals surface area contributed by atoms with Gasteiger partial charge in [-0.15, -0.1) is 0 Å². The first kappa shape index (κ1) is 19.0. The van der Waals surface area contributed by atoms with Gasteiger partial charge in [0.1, 0.15) is 18.9 Å². The van der Waals surface area contributed by atoms with E-state index in [1.165, 1.54) is 0 Å². The number of rotatable bonds is 6. The zero-order valence-corrected chi connectivity index (χ0v) is 15.5. The van der Waals surface area contributed by atoms with Gasteiger partial charge in [0.15, 0.2) is 0 Å². The molecule has 6 nitrogen and oxygen atoms in total. The number of hydrogen-bond acceptors (Lipinski definition) is 5. The number of benzene rings is 2. The predicted molar refractivity (Wildman–Crippen MR) is 103 cm³/mol. The second-order valence-corrected chi connectivity index (χ2v) is 7.01. The molecule has 1 aliphatic heterocycles. The van der Waals surface area contributed by atoms with E-state index in [-0.39, 0.29) is 4.91 Å². The Balaban J connectivity index is 1.66. The first-order valence-electron chi connectivity index (χ1n) is 7.87. The van der Waals surface area contributed by atoms with E-state index in [0.717, 1.165) is 17.3 Å². The van der Waals surface area contributed by atoms with E-state index in [4.69, 9.17) is 21.4 Å². The van der Waals surface area contributed by atoms with Crippen molar-refractivity contribution in [3.05, 3.63) is 69.6 Å². The van der Waals surface area contributed by atoms with Gasteiger partial charge >= 0.3 is 5.97 Å². The largest absolute Gasteiger partial charge is 0.489 e. The van der Waals surface area contributed by atoms with Gasteiger partial charge in [0.05, 0.1) is 4.91 Å². The number of carboxylic acids is 1. The highest BCUT2D eigenvalue weighted by Crippen LogP contribution is 2.32. The molecule has 2 amide bonds. The van der Waals surface area contributed by atoms with Gasteiger partial charge in [-0.2, -0.15) is 0 Å². The van der Waals surface area contributed by atoms with Gasteiger partial charge in [-0.25, -0.2) is 0 Å². The molecule has 3 rings (SSSR count). The predicted octanol–water partition coefficient (Wildman–Crippen LogP) is 4.04. The zero-order chi connectivity index (χ0) is 19.4. The summed E-state index contributed by atoms with van der Waals surface area (Å²) in [7, 11) is 0. The van der Waals surface area contributed by atoms with E-state index in [0.29, 0.717) is 27.8 Å². The molecular formula is C19H14ClNO5S. The minimum Gasteiger partial charge on any atom is -0.489 e. The Morgan fingerprint density at radius 1 is 1.15 bits per heavy atom. The average Bonchev–Trinajstić information content (AvgIpc) is 2.89. The van der Waals surface area contributed by atoms with E-state index < -0.39 is 23.7 Å². The highest BCUT2D eigenvalue weighted by Gasteiger charge is 2.36. The fourth-order valence-electron chi connectivity index (χ4n) is 2.36. The second kappa shape index (κ2) is 8.28. The summed E-state index contributed by atoms with van der Waals surface area (Å²) < 4.78 is 5.69. The lowest BCUT2D eigenvalue weighted by molar-refractivity contribution is -0.140. The molecule has 8 heteroatoms. The number of aliphatic carboxylic acids is 1. The third-order valence-corrected chi connectivity index (χ3v) is 4.97. The smallest absolute Gasteiger partial charge is 0.323 e. The molecular weight excluding hydrogens is 390 g/mol. The molecule has 2 aromatic rings. The van der Waals surface area contributed by atoms with Crippen LogP contribution in [0, 0.1) is 0 Å². The molecule has 1 saturated heterocycles. The fourth-order valence-corrected chi connectivity index (χ4v) is 3.39. The number of ether oxygens (including phenoxy) is 1. The molecule has 0 radical (unpaired) electrons. The Labute approximate surface area is 164 Å². The quantitative estimate of drug-likeness (QED) is 0.733. The topological polar surface area (TPSA) is 83.9 Å². The van der Waals surface area contributed by atoms with Crippen LogP contribution in [0.3, 0.4) is 0 Å². The van der Waals surface area contributed by atoms with Crippen LogP contribution in [0.15, 0.2) is 53.4 Å². The summed E-state index contributed by atoms with van der Waals surface area (Å²) in [6.45, 7) is -0.316. The van der Waals surface area contributed by atoms with Crippen LogP contribution in [0.4, 0.5) is 4.79 Å². The van der Waals surface area contributed by atoms with Crippen LogP contribution < -0.4 is 4.74 Å². The molecule has 0 aliphatic carbocycles. The van der Waals surface area contributed by atoms with E-state index in [2.05, 4.69) is 0 Å². The molecule has 1 fully saturated rings. The van der Waals surface area contributed by atoms with Crippen molar-refractivity contribution in [3.63, 3.8) is 0 Å². The van der Waals surface area contributed by atoms with Crippen molar-refractivity contribution in [2.45, 2.75) is 6.61 Å². The number of carbonyl (C=O) groups excluding carboxylic acids is 2. The maximum atomic E-state index is 12.1. The van der Waals surface area contributed by atoms with Crippen molar-refractivity contribution < 1.29 is 24.2 Å². The van der Waals surface area contributed by atoms with Gasteiger partial charge in [0, 0.05) is 10.6 Å². The summed E-state index contributed by atoms with van der Waals surface area (Å²) in [6, 6.07) is 14.4. The molecule has 0 aromatic heterocycles. The lowest BCUT2D eigenvalue weighted by Crippen LogP contribution is -2.33. The van der Waals surface area contributed by atoms with E-state index in [9.17, 15) is 14.4 Å². The summed E-state index contributed by atoms with van der Waals surface area (Å²) in [5, 5.41) is 8.81. The van der Waals surface area contributed by atoms with Gasteiger partial charge in [0.25, 0.3) is 11.1 Å². The summed E-state index contributed by atoms with van der Waals surface area (Å²) in [4.78, 5) is 35.5. The second-order valence-electron chi connectivity index (χ2n) is 5.61. The highest BCUT2D eigenvalue weighted by molar-refractivity contribution is 8.18. The van der Waals surface area contributed by atoms with Crippen molar-refractivity contribution >= 4 is 46.6 Å². The Morgan fingerprint density at radius 2 is 1.85 bits per heavy atom. The molecule has 138 valence electrons. The monoisotopic (exact) mass is 403 g/mol. The van der Waals surface area contributed by atoms with E-state index >= 15 is 0 Å². The first-order chi connectivity index (χ1) is 12.9. The number of nitrogens with zero attached hydrogens (tertiary/aromatic N) is 1. The van der Waals surface area contributed by atoms with E-state index in [1.54, 1.807) is 36.4 Å². The van der Waals surface area contributed by atoms with Crippen LogP contribution >= 0.6 is 23.4 Å². The van der Waals surface area contributed by atoms with Gasteiger partial charge < -0.3 is 9.84 Å². The number of halogens is 1. The van der Waals surface area contributed by atoms with Crippen LogP contribution in [0.25, 0.3) is 6.08 Å². The first-order valence-corrected chi connectivity index (χ1v) is 9.07. The summed E-state index contributed by atoms with van der Waals surface area (Å²) >= 11 is 6.81. The molecule has 0 spiro atoms. The minimum absolute atomic E-state index is 0.186. The van der Waals surface area contributed by atoms with Crippen LogP contribution in [0.1, 0.15) is 11.1 Å². The van der Waals surface area contributed by atoms with Crippen molar-refractivity contribution in [1.82, 2.24) is 4.90 Å². The number of carboxylic acid groups (broad SMARTS) is 1. The maximum absolute atomic E-state index is 12.1. The van der Waals surface area contributed by atoms with Crippen molar-refractivity contribution in [3.8, 4) is 5.75 Å². The minimum atomic E-state index is -1.24.